The predicted octanol–water partition coefficient (Wildman–Crippen LogP) is 3.62. The molecule has 1 atom stereocenters. The fourth-order valence-corrected chi connectivity index (χ4v) is 2.26. The van der Waals surface area contributed by atoms with Crippen molar-refractivity contribution in [1.82, 2.24) is 4.90 Å². The summed E-state index contributed by atoms with van der Waals surface area (Å²) >= 11 is 0. The molecule has 1 aliphatic heterocycles. The van der Waals surface area contributed by atoms with Crippen LogP contribution < -0.4 is 0 Å². The average Bonchev–Trinajstić information content (AvgIpc) is 2.22. The van der Waals surface area contributed by atoms with Gasteiger partial charge >= 0.3 is 0 Å². The molecule has 0 spiro atoms. The zero-order valence-corrected chi connectivity index (χ0v) is 10.5. The number of halogens is 2. The van der Waals surface area contributed by atoms with Crippen molar-refractivity contribution in [3.63, 3.8) is 0 Å². The summed E-state index contributed by atoms with van der Waals surface area (Å²) in [7, 11) is 0. The molecule has 2 rings (SSSR count). The van der Waals surface area contributed by atoms with Crippen LogP contribution in [0.5, 0.6) is 0 Å². The second-order valence-electron chi connectivity index (χ2n) is 4.45. The van der Waals surface area contributed by atoms with Gasteiger partial charge in [-0.25, -0.2) is 4.39 Å². The van der Waals surface area contributed by atoms with E-state index in [0.29, 0.717) is 6.04 Å². The summed E-state index contributed by atoms with van der Waals surface area (Å²) in [4.78, 5) is 2.44. The van der Waals surface area contributed by atoms with Crippen molar-refractivity contribution in [3.8, 4) is 0 Å². The molecule has 1 saturated heterocycles. The van der Waals surface area contributed by atoms with Gasteiger partial charge in [-0.3, -0.25) is 4.90 Å². The minimum absolute atomic E-state index is 0. The van der Waals surface area contributed by atoms with E-state index in [4.69, 9.17) is 0 Å². The molecule has 1 aromatic carbocycles. The average molecular weight is 244 g/mol. The largest absolute Gasteiger partial charge is 0.296 e. The summed E-state index contributed by atoms with van der Waals surface area (Å²) in [6, 6.07) is 7.58. The molecule has 3 heteroatoms. The summed E-state index contributed by atoms with van der Waals surface area (Å²) in [5.74, 6) is -0.128. The standard InChI is InChI=1S/C13H18FN.ClH/c1-11-5-2-3-8-15(11)10-12-6-4-7-13(14)9-12;/h4,6-7,9,11H,2-3,5,8,10H2,1H3;1H. The van der Waals surface area contributed by atoms with Gasteiger partial charge in [-0.15, -0.1) is 12.4 Å². The first kappa shape index (κ1) is 13.5. The lowest BCUT2D eigenvalue weighted by molar-refractivity contribution is 0.152. The topological polar surface area (TPSA) is 3.24 Å². The van der Waals surface area contributed by atoms with E-state index >= 15 is 0 Å². The molecular formula is C13H19ClFN. The van der Waals surface area contributed by atoms with Gasteiger partial charge in [-0.05, 0) is 44.0 Å². The minimum Gasteiger partial charge on any atom is -0.296 e. The fourth-order valence-electron chi connectivity index (χ4n) is 2.26. The number of nitrogens with zero attached hydrogens (tertiary/aromatic N) is 1. The Morgan fingerprint density at radius 3 is 2.88 bits per heavy atom. The third kappa shape index (κ3) is 3.46. The molecule has 0 aliphatic carbocycles. The van der Waals surface area contributed by atoms with Gasteiger partial charge in [0.15, 0.2) is 0 Å². The van der Waals surface area contributed by atoms with E-state index in [1.165, 1.54) is 25.3 Å². The molecule has 1 unspecified atom stereocenters. The first-order valence-electron chi connectivity index (χ1n) is 5.74. The molecular weight excluding hydrogens is 225 g/mol. The Bertz CT molecular complexity index is 329. The molecule has 0 aromatic heterocycles. The Morgan fingerprint density at radius 2 is 2.19 bits per heavy atom. The first-order chi connectivity index (χ1) is 7.25. The summed E-state index contributed by atoms with van der Waals surface area (Å²) in [6.07, 6.45) is 3.88. The number of hydrogen-bond donors (Lipinski definition) is 0. The van der Waals surface area contributed by atoms with E-state index in [2.05, 4.69) is 11.8 Å². The van der Waals surface area contributed by atoms with Crippen LogP contribution in [0.25, 0.3) is 0 Å². The highest BCUT2D eigenvalue weighted by Crippen LogP contribution is 2.19. The molecule has 0 bridgehead atoms. The van der Waals surface area contributed by atoms with Crippen LogP contribution in [0.4, 0.5) is 4.39 Å². The van der Waals surface area contributed by atoms with Gasteiger partial charge in [-0.1, -0.05) is 18.6 Å². The Hall–Kier alpha value is -0.600. The lowest BCUT2D eigenvalue weighted by atomic mass is 10.0. The quantitative estimate of drug-likeness (QED) is 0.767. The van der Waals surface area contributed by atoms with E-state index < -0.39 is 0 Å². The molecule has 0 radical (unpaired) electrons. The third-order valence-corrected chi connectivity index (χ3v) is 3.22. The molecule has 1 fully saturated rings. The van der Waals surface area contributed by atoms with Crippen LogP contribution in [0.3, 0.4) is 0 Å². The van der Waals surface area contributed by atoms with Crippen molar-refractivity contribution in [3.05, 3.63) is 35.6 Å². The second-order valence-corrected chi connectivity index (χ2v) is 4.45. The van der Waals surface area contributed by atoms with E-state index in [1.807, 2.05) is 6.07 Å². The van der Waals surface area contributed by atoms with Crippen LogP contribution >= 0.6 is 12.4 Å². The zero-order valence-electron chi connectivity index (χ0n) is 9.66. The molecule has 1 heterocycles. The molecule has 0 saturated carbocycles. The maximum Gasteiger partial charge on any atom is 0.123 e. The molecule has 90 valence electrons. The third-order valence-electron chi connectivity index (χ3n) is 3.22. The van der Waals surface area contributed by atoms with Gasteiger partial charge in [0.25, 0.3) is 0 Å². The predicted molar refractivity (Wildman–Crippen MR) is 67.4 cm³/mol. The maximum absolute atomic E-state index is 13.0. The van der Waals surface area contributed by atoms with Crippen LogP contribution in [0.1, 0.15) is 31.7 Å². The molecule has 0 amide bonds. The smallest absolute Gasteiger partial charge is 0.123 e. The summed E-state index contributed by atoms with van der Waals surface area (Å²) in [6.45, 7) is 4.30. The zero-order chi connectivity index (χ0) is 10.7. The Kier molecular flexibility index (Phi) is 5.23. The van der Waals surface area contributed by atoms with Gasteiger partial charge < -0.3 is 0 Å². The van der Waals surface area contributed by atoms with Crippen LogP contribution in [-0.2, 0) is 6.54 Å². The van der Waals surface area contributed by atoms with E-state index in [-0.39, 0.29) is 18.2 Å². The van der Waals surface area contributed by atoms with Gasteiger partial charge in [0.05, 0.1) is 0 Å². The minimum atomic E-state index is -0.128. The molecule has 1 aliphatic rings. The fraction of sp³-hybridized carbons (Fsp3) is 0.538. The number of piperidine rings is 1. The van der Waals surface area contributed by atoms with Crippen LogP contribution in [0.2, 0.25) is 0 Å². The maximum atomic E-state index is 13.0. The number of rotatable bonds is 2. The van der Waals surface area contributed by atoms with Crippen LogP contribution in [-0.4, -0.2) is 17.5 Å². The highest BCUT2D eigenvalue weighted by molar-refractivity contribution is 5.85. The van der Waals surface area contributed by atoms with Gasteiger partial charge in [0, 0.05) is 12.6 Å². The lowest BCUT2D eigenvalue weighted by Gasteiger charge is -2.33. The normalized spacial score (nSPS) is 21.5. The number of likely N-dealkylation sites (tertiary alicyclic amines) is 1. The summed E-state index contributed by atoms with van der Waals surface area (Å²) in [5.41, 5.74) is 1.09. The van der Waals surface area contributed by atoms with Crippen molar-refractivity contribution in [2.24, 2.45) is 0 Å². The van der Waals surface area contributed by atoms with E-state index in [9.17, 15) is 4.39 Å². The molecule has 1 nitrogen and oxygen atoms in total. The molecule has 1 aromatic rings. The van der Waals surface area contributed by atoms with Crippen molar-refractivity contribution in [2.75, 3.05) is 6.54 Å². The van der Waals surface area contributed by atoms with Gasteiger partial charge in [0.2, 0.25) is 0 Å². The van der Waals surface area contributed by atoms with Gasteiger partial charge in [0.1, 0.15) is 5.82 Å². The Balaban J connectivity index is 0.00000128. The van der Waals surface area contributed by atoms with Crippen molar-refractivity contribution >= 4 is 12.4 Å². The van der Waals surface area contributed by atoms with Crippen molar-refractivity contribution < 1.29 is 4.39 Å². The van der Waals surface area contributed by atoms with Gasteiger partial charge in [-0.2, -0.15) is 0 Å². The Morgan fingerprint density at radius 1 is 1.38 bits per heavy atom. The van der Waals surface area contributed by atoms with E-state index in [1.54, 1.807) is 12.1 Å². The Labute approximate surface area is 103 Å². The first-order valence-corrected chi connectivity index (χ1v) is 5.74. The monoisotopic (exact) mass is 243 g/mol. The second kappa shape index (κ2) is 6.21. The van der Waals surface area contributed by atoms with Crippen molar-refractivity contribution in [2.45, 2.75) is 38.8 Å². The van der Waals surface area contributed by atoms with Crippen LogP contribution in [0, 0.1) is 5.82 Å². The number of benzene rings is 1. The SMILES string of the molecule is CC1CCCCN1Cc1cccc(F)c1.Cl. The lowest BCUT2D eigenvalue weighted by Crippen LogP contribution is -2.36. The highest BCUT2D eigenvalue weighted by atomic mass is 35.5. The van der Waals surface area contributed by atoms with Crippen molar-refractivity contribution in [1.29, 1.82) is 0 Å². The van der Waals surface area contributed by atoms with E-state index in [0.717, 1.165) is 18.7 Å². The molecule has 0 N–H and O–H groups in total. The summed E-state index contributed by atoms with van der Waals surface area (Å²) < 4.78 is 13.0. The highest BCUT2D eigenvalue weighted by Gasteiger charge is 2.17. The number of hydrogen-bond acceptors (Lipinski definition) is 1. The molecule has 16 heavy (non-hydrogen) atoms. The summed E-state index contributed by atoms with van der Waals surface area (Å²) in [5, 5.41) is 0. The van der Waals surface area contributed by atoms with Crippen LogP contribution in [0.15, 0.2) is 24.3 Å².